The Kier molecular flexibility index (Phi) is 6.94. The molecule has 1 saturated heterocycles. The molecule has 3 heterocycles. The molecule has 0 spiro atoms. The van der Waals surface area contributed by atoms with Crippen molar-refractivity contribution in [2.75, 3.05) is 25.0 Å². The molecule has 1 amide bonds. The Morgan fingerprint density at radius 1 is 1.35 bits per heavy atom. The second-order valence-electron chi connectivity index (χ2n) is 9.24. The van der Waals surface area contributed by atoms with Gasteiger partial charge in [-0.25, -0.2) is 8.78 Å². The number of nitrogens with one attached hydrogen (secondary N) is 2. The summed E-state index contributed by atoms with van der Waals surface area (Å²) in [5.41, 5.74) is 5.97. The highest BCUT2D eigenvalue weighted by molar-refractivity contribution is 5.93. The average Bonchev–Trinajstić information content (AvgIpc) is 3.63. The molecule has 2 aliphatic rings. The second-order valence-corrected chi connectivity index (χ2v) is 9.24. The largest absolute Gasteiger partial charge is 0.476 e. The summed E-state index contributed by atoms with van der Waals surface area (Å²) in [6.45, 7) is 3.91. The summed E-state index contributed by atoms with van der Waals surface area (Å²) in [5.74, 6) is -3.30. The van der Waals surface area contributed by atoms with Crippen LogP contribution in [0.5, 0.6) is 5.88 Å². The van der Waals surface area contributed by atoms with Crippen molar-refractivity contribution >= 4 is 11.7 Å². The highest BCUT2D eigenvalue weighted by atomic mass is 19.3. The summed E-state index contributed by atoms with van der Waals surface area (Å²) in [6.07, 6.45) is 3.23. The first kappa shape index (κ1) is 24.2. The average molecular weight is 477 g/mol. The van der Waals surface area contributed by atoms with Crippen LogP contribution in [-0.2, 0) is 4.79 Å². The summed E-state index contributed by atoms with van der Waals surface area (Å²) >= 11 is 0. The lowest BCUT2D eigenvalue weighted by Gasteiger charge is -2.40. The van der Waals surface area contributed by atoms with Gasteiger partial charge in [-0.05, 0) is 50.3 Å². The Labute approximate surface area is 196 Å². The number of alkyl halides is 2. The predicted molar refractivity (Wildman–Crippen MR) is 122 cm³/mol. The Bertz CT molecular complexity index is 1070. The van der Waals surface area contributed by atoms with Crippen LogP contribution in [0.25, 0.3) is 0 Å². The van der Waals surface area contributed by atoms with E-state index in [0.717, 1.165) is 12.8 Å². The first-order chi connectivity index (χ1) is 16.1. The van der Waals surface area contributed by atoms with E-state index >= 15 is 0 Å². The zero-order valence-corrected chi connectivity index (χ0v) is 19.3. The number of likely N-dealkylation sites (tertiary alicyclic amines) is 1. The number of anilines is 1. The van der Waals surface area contributed by atoms with E-state index in [2.05, 4.69) is 20.5 Å². The molecule has 4 N–H and O–H groups in total. The lowest BCUT2D eigenvalue weighted by molar-refractivity contribution is -0.125. The van der Waals surface area contributed by atoms with Crippen LogP contribution in [0, 0.1) is 5.92 Å². The van der Waals surface area contributed by atoms with E-state index in [4.69, 9.17) is 10.5 Å². The number of piperidine rings is 1. The van der Waals surface area contributed by atoms with E-state index in [1.165, 1.54) is 12.3 Å². The summed E-state index contributed by atoms with van der Waals surface area (Å²) in [6, 6.07) is 3.41. The molecule has 1 aliphatic heterocycles. The van der Waals surface area contributed by atoms with Gasteiger partial charge in [0.1, 0.15) is 0 Å². The first-order valence-electron chi connectivity index (χ1n) is 11.5. The number of hydrogen-bond donors (Lipinski definition) is 3. The van der Waals surface area contributed by atoms with Crippen molar-refractivity contribution in [3.05, 3.63) is 45.9 Å². The predicted octanol–water partition coefficient (Wildman–Crippen LogP) is 2.43. The normalized spacial score (nSPS) is 22.1. The molecule has 184 valence electrons. The maximum Gasteiger partial charge on any atom is 0.257 e. The van der Waals surface area contributed by atoms with Crippen molar-refractivity contribution < 1.29 is 18.3 Å². The number of nitrogens with two attached hydrogens (primary N) is 1. The minimum Gasteiger partial charge on any atom is -0.476 e. The molecule has 1 aliphatic carbocycles. The molecule has 9 nitrogen and oxygen atoms in total. The number of ether oxygens (including phenoxy) is 1. The number of aromatic nitrogens is 3. The third-order valence-electron chi connectivity index (χ3n) is 6.49. The van der Waals surface area contributed by atoms with Gasteiger partial charge in [-0.15, -0.1) is 10.2 Å². The van der Waals surface area contributed by atoms with Gasteiger partial charge >= 0.3 is 0 Å². The topological polar surface area (TPSA) is 126 Å². The van der Waals surface area contributed by atoms with E-state index in [-0.39, 0.29) is 30.4 Å². The van der Waals surface area contributed by atoms with Gasteiger partial charge in [0, 0.05) is 43.4 Å². The molecule has 1 saturated carbocycles. The summed E-state index contributed by atoms with van der Waals surface area (Å²) in [5, 5.41) is 10.6. The van der Waals surface area contributed by atoms with E-state index in [1.807, 2.05) is 0 Å². The molecule has 3 atom stereocenters. The molecule has 34 heavy (non-hydrogen) atoms. The van der Waals surface area contributed by atoms with Crippen LogP contribution in [0.15, 0.2) is 29.2 Å². The lowest BCUT2D eigenvalue weighted by atomic mass is 9.86. The number of carbonyl (C=O) groups excluding carboxylic acids is 1. The van der Waals surface area contributed by atoms with E-state index in [1.54, 1.807) is 30.9 Å². The van der Waals surface area contributed by atoms with Gasteiger partial charge < -0.3 is 20.8 Å². The van der Waals surface area contributed by atoms with Gasteiger partial charge in [0.25, 0.3) is 11.5 Å². The zero-order chi connectivity index (χ0) is 24.5. The molecule has 2 unspecified atom stereocenters. The molecule has 2 aromatic heterocycles. The van der Waals surface area contributed by atoms with Crippen molar-refractivity contribution in [2.45, 2.75) is 57.0 Å². The molecule has 2 aromatic rings. The molecule has 0 aromatic carbocycles. The zero-order valence-electron chi connectivity index (χ0n) is 19.3. The van der Waals surface area contributed by atoms with Gasteiger partial charge in [0.05, 0.1) is 18.6 Å². The fourth-order valence-corrected chi connectivity index (χ4v) is 4.03. The minimum absolute atomic E-state index is 0.0500. The lowest BCUT2D eigenvalue weighted by Crippen LogP contribution is -2.52. The first-order valence-corrected chi connectivity index (χ1v) is 11.5. The summed E-state index contributed by atoms with van der Waals surface area (Å²) in [4.78, 5) is 29.0. The Hall–Kier alpha value is -2.92. The summed E-state index contributed by atoms with van der Waals surface area (Å²) < 4.78 is 35.2. The SMILES string of the molecule is CC(N)c1cc(C2CN([C@@H](C)C(=O)Nc3ccc(OCC4CC4)nn3)CCC2(F)F)c[nH]c1=O. The molecule has 11 heteroatoms. The quantitative estimate of drug-likeness (QED) is 0.534. The van der Waals surface area contributed by atoms with Crippen molar-refractivity contribution in [3.63, 3.8) is 0 Å². The number of carbonyl (C=O) groups is 1. The number of rotatable bonds is 8. The molecule has 2 fully saturated rings. The number of aromatic amines is 1. The van der Waals surface area contributed by atoms with Crippen molar-refractivity contribution in [1.82, 2.24) is 20.1 Å². The van der Waals surface area contributed by atoms with Crippen molar-refractivity contribution in [3.8, 4) is 5.88 Å². The highest BCUT2D eigenvalue weighted by Crippen LogP contribution is 2.41. The van der Waals surface area contributed by atoms with Crippen LogP contribution in [0.1, 0.15) is 56.2 Å². The third-order valence-corrected chi connectivity index (χ3v) is 6.49. The fraction of sp³-hybridized carbons (Fsp3) is 0.565. The number of nitrogens with zero attached hydrogens (tertiary/aromatic N) is 3. The fourth-order valence-electron chi connectivity index (χ4n) is 4.03. The number of amides is 1. The van der Waals surface area contributed by atoms with E-state index < -0.39 is 35.9 Å². The number of hydrogen-bond acceptors (Lipinski definition) is 7. The molecule has 0 bridgehead atoms. The Balaban J connectivity index is 1.41. The number of H-pyrrole nitrogens is 1. The van der Waals surface area contributed by atoms with Crippen LogP contribution in [0.3, 0.4) is 0 Å². The molecular formula is C23H30F2N6O3. The third kappa shape index (κ3) is 5.58. The van der Waals surface area contributed by atoms with Crippen LogP contribution in [-0.4, -0.2) is 57.6 Å². The van der Waals surface area contributed by atoms with Gasteiger partial charge in [0.2, 0.25) is 11.8 Å². The monoisotopic (exact) mass is 476 g/mol. The molecule has 0 radical (unpaired) electrons. The van der Waals surface area contributed by atoms with Gasteiger partial charge in [0.15, 0.2) is 5.82 Å². The van der Waals surface area contributed by atoms with Crippen LogP contribution >= 0.6 is 0 Å². The number of halogens is 2. The van der Waals surface area contributed by atoms with Gasteiger partial charge in [-0.1, -0.05) is 0 Å². The number of pyridine rings is 1. The van der Waals surface area contributed by atoms with Crippen LogP contribution in [0.4, 0.5) is 14.6 Å². The highest BCUT2D eigenvalue weighted by Gasteiger charge is 2.46. The van der Waals surface area contributed by atoms with E-state index in [0.29, 0.717) is 24.0 Å². The molecular weight excluding hydrogens is 446 g/mol. The summed E-state index contributed by atoms with van der Waals surface area (Å²) in [7, 11) is 0. The van der Waals surface area contributed by atoms with Crippen LogP contribution < -0.4 is 21.3 Å². The smallest absolute Gasteiger partial charge is 0.257 e. The standard InChI is InChI=1S/C23H30F2N6O3/c1-13(26)17-9-16(10-27-22(17)33)18-11-31(8-7-23(18,24)25)14(2)21(32)28-19-5-6-20(30-29-19)34-12-15-3-4-15/h5-6,9-10,13-15,18H,3-4,7-8,11-12,26H2,1-2H3,(H,27,33)(H,28,29,32)/t13?,14-,18?/m0/s1. The maximum atomic E-state index is 14.8. The second kappa shape index (κ2) is 9.75. The maximum absolute atomic E-state index is 14.8. The van der Waals surface area contributed by atoms with Gasteiger partial charge in [-0.2, -0.15) is 0 Å². The van der Waals surface area contributed by atoms with Crippen molar-refractivity contribution in [1.29, 1.82) is 0 Å². The minimum atomic E-state index is -2.98. The van der Waals surface area contributed by atoms with Crippen molar-refractivity contribution in [2.24, 2.45) is 11.7 Å². The Morgan fingerprint density at radius 2 is 2.12 bits per heavy atom. The van der Waals surface area contributed by atoms with Gasteiger partial charge in [-0.3, -0.25) is 14.5 Å². The Morgan fingerprint density at radius 3 is 2.76 bits per heavy atom. The van der Waals surface area contributed by atoms with Crippen LogP contribution in [0.2, 0.25) is 0 Å². The molecule has 4 rings (SSSR count). The van der Waals surface area contributed by atoms with E-state index in [9.17, 15) is 18.4 Å².